The average Bonchev–Trinajstić information content (AvgIpc) is 2.76. The SMILES string of the molecule is CSCCCCCNC(=O)c1cccs1. The summed E-state index contributed by atoms with van der Waals surface area (Å²) in [6, 6.07) is 3.76. The number of nitrogens with one attached hydrogen (secondary N) is 1. The van der Waals surface area contributed by atoms with Crippen molar-refractivity contribution in [2.24, 2.45) is 0 Å². The Kier molecular flexibility index (Phi) is 6.52. The lowest BCUT2D eigenvalue weighted by molar-refractivity contribution is 0.0957. The van der Waals surface area contributed by atoms with Gasteiger partial charge in [0, 0.05) is 6.54 Å². The summed E-state index contributed by atoms with van der Waals surface area (Å²) in [7, 11) is 0. The van der Waals surface area contributed by atoms with Gasteiger partial charge in [0.15, 0.2) is 0 Å². The summed E-state index contributed by atoms with van der Waals surface area (Å²) in [5.74, 6) is 1.29. The fourth-order valence-corrected chi connectivity index (χ4v) is 2.38. The molecule has 0 aliphatic heterocycles. The molecule has 1 aromatic heterocycles. The van der Waals surface area contributed by atoms with Crippen LogP contribution in [0.25, 0.3) is 0 Å². The van der Waals surface area contributed by atoms with Gasteiger partial charge in [-0.05, 0) is 36.3 Å². The van der Waals surface area contributed by atoms with Crippen molar-refractivity contribution in [2.75, 3.05) is 18.6 Å². The van der Waals surface area contributed by atoms with Crippen molar-refractivity contribution in [3.05, 3.63) is 22.4 Å². The van der Waals surface area contributed by atoms with Crippen LogP contribution in [0.2, 0.25) is 0 Å². The Bertz CT molecular complexity index is 272. The number of carbonyl (C=O) groups excluding carboxylic acids is 1. The molecule has 1 rings (SSSR count). The molecule has 0 bridgehead atoms. The minimum Gasteiger partial charge on any atom is -0.351 e. The number of amides is 1. The second-order valence-electron chi connectivity index (χ2n) is 3.29. The Hall–Kier alpha value is -0.480. The molecule has 0 spiro atoms. The van der Waals surface area contributed by atoms with Crippen LogP contribution in [-0.4, -0.2) is 24.5 Å². The van der Waals surface area contributed by atoms with Crippen LogP contribution in [-0.2, 0) is 0 Å². The van der Waals surface area contributed by atoms with Gasteiger partial charge < -0.3 is 5.32 Å². The second kappa shape index (κ2) is 7.77. The van der Waals surface area contributed by atoms with Crippen LogP contribution in [0.4, 0.5) is 0 Å². The molecule has 1 amide bonds. The number of hydrogen-bond acceptors (Lipinski definition) is 3. The van der Waals surface area contributed by atoms with Gasteiger partial charge in [-0.1, -0.05) is 12.5 Å². The molecule has 0 saturated heterocycles. The normalized spacial score (nSPS) is 10.2. The molecule has 1 heterocycles. The third-order valence-electron chi connectivity index (χ3n) is 2.06. The molecule has 0 aliphatic rings. The van der Waals surface area contributed by atoms with E-state index >= 15 is 0 Å². The van der Waals surface area contributed by atoms with Crippen LogP contribution in [0.5, 0.6) is 0 Å². The number of carbonyl (C=O) groups is 1. The van der Waals surface area contributed by atoms with Crippen molar-refractivity contribution in [1.82, 2.24) is 5.32 Å². The lowest BCUT2D eigenvalue weighted by Crippen LogP contribution is -2.23. The zero-order chi connectivity index (χ0) is 10.9. The van der Waals surface area contributed by atoms with Gasteiger partial charge in [-0.25, -0.2) is 0 Å². The van der Waals surface area contributed by atoms with Gasteiger partial charge in [0.05, 0.1) is 4.88 Å². The van der Waals surface area contributed by atoms with Gasteiger partial charge >= 0.3 is 0 Å². The first-order valence-electron chi connectivity index (χ1n) is 5.15. The van der Waals surface area contributed by atoms with E-state index in [2.05, 4.69) is 11.6 Å². The van der Waals surface area contributed by atoms with E-state index in [1.54, 1.807) is 0 Å². The molecule has 0 atom stereocenters. The van der Waals surface area contributed by atoms with Crippen LogP contribution in [0.1, 0.15) is 28.9 Å². The van der Waals surface area contributed by atoms with Crippen LogP contribution >= 0.6 is 23.1 Å². The summed E-state index contributed by atoms with van der Waals surface area (Å²) in [6.07, 6.45) is 5.65. The molecule has 0 saturated carbocycles. The van der Waals surface area contributed by atoms with Gasteiger partial charge in [-0.15, -0.1) is 11.3 Å². The monoisotopic (exact) mass is 243 g/mol. The minimum absolute atomic E-state index is 0.0647. The summed E-state index contributed by atoms with van der Waals surface area (Å²) in [4.78, 5) is 12.3. The molecule has 84 valence electrons. The molecular weight excluding hydrogens is 226 g/mol. The Morgan fingerprint density at radius 2 is 2.33 bits per heavy atom. The highest BCUT2D eigenvalue weighted by molar-refractivity contribution is 7.98. The van der Waals surface area contributed by atoms with E-state index in [9.17, 15) is 4.79 Å². The van der Waals surface area contributed by atoms with Crippen molar-refractivity contribution in [3.8, 4) is 0 Å². The van der Waals surface area contributed by atoms with Crippen molar-refractivity contribution in [1.29, 1.82) is 0 Å². The second-order valence-corrected chi connectivity index (χ2v) is 5.22. The van der Waals surface area contributed by atoms with Crippen molar-refractivity contribution < 1.29 is 4.79 Å². The van der Waals surface area contributed by atoms with Crippen LogP contribution < -0.4 is 5.32 Å². The first-order valence-corrected chi connectivity index (χ1v) is 7.42. The van der Waals surface area contributed by atoms with Crippen molar-refractivity contribution in [2.45, 2.75) is 19.3 Å². The van der Waals surface area contributed by atoms with Gasteiger partial charge in [0.2, 0.25) is 0 Å². The van der Waals surface area contributed by atoms with Crippen molar-refractivity contribution >= 4 is 29.0 Å². The molecule has 0 aromatic carbocycles. The maximum absolute atomic E-state index is 11.5. The Balaban J connectivity index is 2.03. The number of hydrogen-bond donors (Lipinski definition) is 1. The predicted octanol–water partition coefficient (Wildman–Crippen LogP) is 3.01. The van der Waals surface area contributed by atoms with Gasteiger partial charge in [0.1, 0.15) is 0 Å². The Morgan fingerprint density at radius 1 is 1.47 bits per heavy atom. The van der Waals surface area contributed by atoms with Crippen LogP contribution in [0.15, 0.2) is 17.5 Å². The summed E-state index contributed by atoms with van der Waals surface area (Å²) >= 11 is 3.37. The Labute approximate surface area is 99.5 Å². The molecule has 0 fully saturated rings. The molecule has 2 nitrogen and oxygen atoms in total. The van der Waals surface area contributed by atoms with E-state index in [-0.39, 0.29) is 5.91 Å². The summed E-state index contributed by atoms with van der Waals surface area (Å²) in [5.41, 5.74) is 0. The fraction of sp³-hybridized carbons (Fsp3) is 0.545. The quantitative estimate of drug-likeness (QED) is 0.746. The number of thiophene rings is 1. The molecule has 1 N–H and O–H groups in total. The van der Waals surface area contributed by atoms with E-state index in [0.717, 1.165) is 17.8 Å². The van der Waals surface area contributed by atoms with Crippen molar-refractivity contribution in [3.63, 3.8) is 0 Å². The summed E-state index contributed by atoms with van der Waals surface area (Å²) in [5, 5.41) is 4.85. The maximum atomic E-state index is 11.5. The summed E-state index contributed by atoms with van der Waals surface area (Å²) < 4.78 is 0. The lowest BCUT2D eigenvalue weighted by atomic mass is 10.2. The summed E-state index contributed by atoms with van der Waals surface area (Å²) in [6.45, 7) is 0.797. The van der Waals surface area contributed by atoms with Crippen LogP contribution in [0, 0.1) is 0 Å². The highest BCUT2D eigenvalue weighted by Crippen LogP contribution is 2.07. The van der Waals surface area contributed by atoms with E-state index in [4.69, 9.17) is 0 Å². The van der Waals surface area contributed by atoms with Gasteiger partial charge in [-0.3, -0.25) is 4.79 Å². The molecular formula is C11H17NOS2. The first kappa shape index (κ1) is 12.6. The minimum atomic E-state index is 0.0647. The van der Waals surface area contributed by atoms with E-state index < -0.39 is 0 Å². The number of thioether (sulfide) groups is 1. The molecule has 0 unspecified atom stereocenters. The van der Waals surface area contributed by atoms with Crippen LogP contribution in [0.3, 0.4) is 0 Å². The molecule has 15 heavy (non-hydrogen) atoms. The zero-order valence-corrected chi connectivity index (χ0v) is 10.6. The van der Waals surface area contributed by atoms with Gasteiger partial charge in [0.25, 0.3) is 5.91 Å². The van der Waals surface area contributed by atoms with E-state index in [1.807, 2.05) is 29.3 Å². The number of rotatable bonds is 7. The first-order chi connectivity index (χ1) is 7.34. The van der Waals surface area contributed by atoms with E-state index in [0.29, 0.717) is 0 Å². The topological polar surface area (TPSA) is 29.1 Å². The lowest BCUT2D eigenvalue weighted by Gasteiger charge is -2.02. The number of unbranched alkanes of at least 4 members (excludes halogenated alkanes) is 2. The smallest absolute Gasteiger partial charge is 0.261 e. The van der Waals surface area contributed by atoms with Gasteiger partial charge in [-0.2, -0.15) is 11.8 Å². The zero-order valence-electron chi connectivity index (χ0n) is 8.99. The molecule has 1 aromatic rings. The molecule has 4 heteroatoms. The average molecular weight is 243 g/mol. The van der Waals surface area contributed by atoms with E-state index in [1.165, 1.54) is 29.9 Å². The third-order valence-corrected chi connectivity index (χ3v) is 3.62. The molecule has 0 aliphatic carbocycles. The highest BCUT2D eigenvalue weighted by Gasteiger charge is 2.03. The predicted molar refractivity (Wildman–Crippen MR) is 68.9 cm³/mol. The largest absolute Gasteiger partial charge is 0.351 e. The third kappa shape index (κ3) is 5.23. The highest BCUT2D eigenvalue weighted by atomic mass is 32.2. The molecule has 0 radical (unpaired) electrons. The Morgan fingerprint density at radius 3 is 3.00 bits per heavy atom. The fourth-order valence-electron chi connectivity index (χ4n) is 1.24. The maximum Gasteiger partial charge on any atom is 0.261 e. The standard InChI is InChI=1S/C11H17NOS2/c1-14-8-4-2-3-7-12-11(13)10-6-5-9-15-10/h5-6,9H,2-4,7-8H2,1H3,(H,12,13).